The number of amides is 3. The highest BCUT2D eigenvalue weighted by molar-refractivity contribution is 6.04. The highest BCUT2D eigenvalue weighted by Crippen LogP contribution is 2.35. The van der Waals surface area contributed by atoms with Crippen LogP contribution in [0, 0.1) is 5.82 Å². The second-order valence-electron chi connectivity index (χ2n) is 9.55. The molecule has 2 aliphatic heterocycles. The molecular weight excluding hydrogens is 487 g/mol. The van der Waals surface area contributed by atoms with Crippen LogP contribution in [-0.2, 0) is 16.1 Å². The number of nitrogens with zero attached hydrogens (tertiary/aromatic N) is 3. The first kappa shape index (κ1) is 25.4. The number of nitrogens with one attached hydrogen (secondary N) is 1. The van der Waals surface area contributed by atoms with E-state index in [2.05, 4.69) is 10.2 Å². The Labute approximate surface area is 220 Å². The number of rotatable bonds is 6. The molecule has 5 rings (SSSR count). The van der Waals surface area contributed by atoms with Gasteiger partial charge in [0.15, 0.2) is 12.1 Å². The Morgan fingerprint density at radius 3 is 2.26 bits per heavy atom. The first-order chi connectivity index (χ1) is 18.4. The summed E-state index contributed by atoms with van der Waals surface area (Å²) in [6.07, 6.45) is -1.36. The number of piperazine rings is 1. The maximum Gasteiger partial charge on any atom is 0.411 e. The molecule has 2 unspecified atom stereocenters. The van der Waals surface area contributed by atoms with Crippen LogP contribution in [0.15, 0.2) is 78.9 Å². The van der Waals surface area contributed by atoms with Gasteiger partial charge in [-0.1, -0.05) is 54.6 Å². The summed E-state index contributed by atoms with van der Waals surface area (Å²) in [5.74, 6) is -1.33. The van der Waals surface area contributed by atoms with Crippen LogP contribution < -0.4 is 5.32 Å². The van der Waals surface area contributed by atoms with E-state index in [4.69, 9.17) is 4.74 Å². The van der Waals surface area contributed by atoms with E-state index in [1.165, 1.54) is 23.1 Å². The van der Waals surface area contributed by atoms with Gasteiger partial charge in [-0.2, -0.15) is 0 Å². The van der Waals surface area contributed by atoms with E-state index in [1.807, 2.05) is 37.4 Å². The number of ether oxygens (including phenoxy) is 1. The van der Waals surface area contributed by atoms with Gasteiger partial charge in [0.25, 0.3) is 5.91 Å². The van der Waals surface area contributed by atoms with Crippen molar-refractivity contribution in [2.75, 3.05) is 38.5 Å². The van der Waals surface area contributed by atoms with Crippen LogP contribution in [0.5, 0.6) is 0 Å². The molecule has 0 aliphatic carbocycles. The van der Waals surface area contributed by atoms with Crippen molar-refractivity contribution in [1.29, 1.82) is 0 Å². The van der Waals surface area contributed by atoms with Gasteiger partial charge in [-0.25, -0.2) is 9.18 Å². The van der Waals surface area contributed by atoms with E-state index in [9.17, 15) is 18.8 Å². The molecule has 3 aromatic rings. The third-order valence-electron chi connectivity index (χ3n) is 6.96. The summed E-state index contributed by atoms with van der Waals surface area (Å²) in [6, 6.07) is 21.1. The highest BCUT2D eigenvalue weighted by atomic mass is 19.1. The summed E-state index contributed by atoms with van der Waals surface area (Å²) < 4.78 is 19.8. The average Bonchev–Trinajstić information content (AvgIpc) is 3.25. The van der Waals surface area contributed by atoms with Crippen LogP contribution in [0.4, 0.5) is 14.9 Å². The number of carbonyl (C=O) groups is 3. The van der Waals surface area contributed by atoms with Crippen LogP contribution in [0.2, 0.25) is 0 Å². The minimum Gasteiger partial charge on any atom is -0.438 e. The van der Waals surface area contributed by atoms with Crippen molar-refractivity contribution >= 4 is 23.6 Å². The van der Waals surface area contributed by atoms with Gasteiger partial charge in [-0.15, -0.1) is 0 Å². The van der Waals surface area contributed by atoms with Gasteiger partial charge in [0, 0.05) is 31.9 Å². The van der Waals surface area contributed by atoms with E-state index < -0.39 is 30.0 Å². The fourth-order valence-electron chi connectivity index (χ4n) is 4.79. The molecule has 2 heterocycles. The van der Waals surface area contributed by atoms with Crippen LogP contribution in [0.3, 0.4) is 0 Å². The molecular formula is C29H29FN4O4. The summed E-state index contributed by atoms with van der Waals surface area (Å²) in [6.45, 7) is 2.91. The normalized spacial score (nSPS) is 19.8. The minimum absolute atomic E-state index is 0.0595. The predicted octanol–water partition coefficient (Wildman–Crippen LogP) is 3.91. The molecule has 196 valence electrons. The molecule has 3 amide bonds. The number of likely N-dealkylation sites (N-methyl/N-ethyl adjacent to an activating group) is 1. The van der Waals surface area contributed by atoms with Gasteiger partial charge in [0.05, 0.1) is 12.1 Å². The van der Waals surface area contributed by atoms with Gasteiger partial charge < -0.3 is 19.9 Å². The number of halogens is 1. The van der Waals surface area contributed by atoms with Crippen molar-refractivity contribution in [2.45, 2.75) is 18.7 Å². The largest absolute Gasteiger partial charge is 0.438 e. The molecule has 0 radical (unpaired) electrons. The lowest BCUT2D eigenvalue weighted by Crippen LogP contribution is -2.54. The highest BCUT2D eigenvalue weighted by Gasteiger charge is 2.48. The van der Waals surface area contributed by atoms with Gasteiger partial charge in [0.1, 0.15) is 5.82 Å². The lowest BCUT2D eigenvalue weighted by atomic mass is 9.99. The fourth-order valence-corrected chi connectivity index (χ4v) is 4.79. The number of hydrogen-bond donors (Lipinski definition) is 1. The number of benzene rings is 3. The second-order valence-corrected chi connectivity index (χ2v) is 9.55. The number of anilines is 1. The summed E-state index contributed by atoms with van der Waals surface area (Å²) in [5, 5.41) is 2.68. The molecule has 3 aromatic carbocycles. The third kappa shape index (κ3) is 5.38. The Kier molecular flexibility index (Phi) is 7.37. The molecule has 0 saturated carbocycles. The smallest absolute Gasteiger partial charge is 0.411 e. The van der Waals surface area contributed by atoms with Gasteiger partial charge >= 0.3 is 6.09 Å². The van der Waals surface area contributed by atoms with E-state index in [0.717, 1.165) is 18.7 Å². The first-order valence-electron chi connectivity index (χ1n) is 12.5. The summed E-state index contributed by atoms with van der Waals surface area (Å²) in [4.78, 5) is 44.8. The quantitative estimate of drug-likeness (QED) is 0.537. The van der Waals surface area contributed by atoms with E-state index in [1.54, 1.807) is 35.2 Å². The minimum atomic E-state index is -0.829. The third-order valence-corrected chi connectivity index (χ3v) is 6.96. The van der Waals surface area contributed by atoms with Crippen LogP contribution in [-0.4, -0.2) is 71.9 Å². The van der Waals surface area contributed by atoms with Crippen LogP contribution >= 0.6 is 0 Å². The molecule has 2 aliphatic rings. The van der Waals surface area contributed by atoms with Crippen LogP contribution in [0.1, 0.15) is 27.6 Å². The number of hydrogen-bond acceptors (Lipinski definition) is 5. The molecule has 2 atom stereocenters. The molecule has 9 heteroatoms. The second kappa shape index (κ2) is 11.0. The zero-order valence-corrected chi connectivity index (χ0v) is 21.0. The summed E-state index contributed by atoms with van der Waals surface area (Å²) in [7, 11) is 2.01. The van der Waals surface area contributed by atoms with E-state index in [0.29, 0.717) is 24.3 Å². The zero-order valence-electron chi connectivity index (χ0n) is 21.0. The predicted molar refractivity (Wildman–Crippen MR) is 140 cm³/mol. The number of carbonyl (C=O) groups excluding carboxylic acids is 3. The molecule has 2 fully saturated rings. The van der Waals surface area contributed by atoms with Crippen molar-refractivity contribution in [3.63, 3.8) is 0 Å². The lowest BCUT2D eigenvalue weighted by molar-refractivity contribution is -0.138. The average molecular weight is 517 g/mol. The van der Waals surface area contributed by atoms with Crippen molar-refractivity contribution in [1.82, 2.24) is 14.7 Å². The molecule has 0 spiro atoms. The maximum atomic E-state index is 14.0. The Hall–Kier alpha value is -4.24. The van der Waals surface area contributed by atoms with Crippen molar-refractivity contribution in [3.05, 3.63) is 101 Å². The molecule has 38 heavy (non-hydrogen) atoms. The molecule has 8 nitrogen and oxygen atoms in total. The van der Waals surface area contributed by atoms with E-state index >= 15 is 0 Å². The molecule has 0 aromatic heterocycles. The van der Waals surface area contributed by atoms with Crippen molar-refractivity contribution in [2.24, 2.45) is 0 Å². The van der Waals surface area contributed by atoms with Gasteiger partial charge in [-0.3, -0.25) is 14.5 Å². The standard InChI is InChI=1S/C29H29FN4O4/c1-32-15-17-33(18-16-32)28(36)25-26(38-29(37)34(25)19-20-7-3-2-4-8-20)21-11-13-22(14-12-21)31-27(35)23-9-5-6-10-24(23)30/h2-14,25-26H,15-19H2,1H3,(H,31,35). The van der Waals surface area contributed by atoms with E-state index in [-0.39, 0.29) is 18.0 Å². The van der Waals surface area contributed by atoms with Crippen LogP contribution in [0.25, 0.3) is 0 Å². The summed E-state index contributed by atoms with van der Waals surface area (Å²) >= 11 is 0. The summed E-state index contributed by atoms with van der Waals surface area (Å²) in [5.41, 5.74) is 1.92. The number of cyclic esters (lactones) is 1. The Morgan fingerprint density at radius 1 is 0.921 bits per heavy atom. The first-order valence-corrected chi connectivity index (χ1v) is 12.5. The SMILES string of the molecule is CN1CCN(C(=O)C2C(c3ccc(NC(=O)c4ccccc4F)cc3)OC(=O)N2Cc2ccccc2)CC1. The van der Waals surface area contributed by atoms with Gasteiger partial charge in [0.2, 0.25) is 5.91 Å². The fraction of sp³-hybridized carbons (Fsp3) is 0.276. The van der Waals surface area contributed by atoms with Crippen molar-refractivity contribution < 1.29 is 23.5 Å². The topological polar surface area (TPSA) is 82.2 Å². The van der Waals surface area contributed by atoms with Crippen molar-refractivity contribution in [3.8, 4) is 0 Å². The van der Waals surface area contributed by atoms with Gasteiger partial charge in [-0.05, 0) is 42.4 Å². The zero-order chi connectivity index (χ0) is 26.6. The molecule has 0 bridgehead atoms. The Bertz CT molecular complexity index is 1310. The molecule has 1 N–H and O–H groups in total. The Balaban J connectivity index is 1.38. The molecule has 2 saturated heterocycles. The lowest BCUT2D eigenvalue weighted by Gasteiger charge is -2.36. The maximum absolute atomic E-state index is 14.0. The monoisotopic (exact) mass is 516 g/mol. The Morgan fingerprint density at radius 2 is 1.58 bits per heavy atom.